The highest BCUT2D eigenvalue weighted by molar-refractivity contribution is 9.10. The van der Waals surface area contributed by atoms with Gasteiger partial charge in [-0.2, -0.15) is 0 Å². The second kappa shape index (κ2) is 5.97. The van der Waals surface area contributed by atoms with E-state index in [9.17, 15) is 8.78 Å². The Bertz CT molecular complexity index is 426. The summed E-state index contributed by atoms with van der Waals surface area (Å²) in [5.41, 5.74) is 0.240. The lowest BCUT2D eigenvalue weighted by Gasteiger charge is -2.30. The molecule has 0 bridgehead atoms. The highest BCUT2D eigenvalue weighted by atomic mass is 79.9. The van der Waals surface area contributed by atoms with Gasteiger partial charge in [0.25, 0.3) is 0 Å². The molecule has 1 aliphatic heterocycles. The smallest absolute Gasteiger partial charge is 0.147 e. The number of likely N-dealkylation sites (tertiary alicyclic amines) is 1. The van der Waals surface area contributed by atoms with Crippen molar-refractivity contribution in [3.63, 3.8) is 0 Å². The van der Waals surface area contributed by atoms with Gasteiger partial charge in [0.2, 0.25) is 0 Å². The van der Waals surface area contributed by atoms with Crippen molar-refractivity contribution in [1.29, 1.82) is 0 Å². The molecule has 0 aromatic heterocycles. The molecule has 1 N–H and O–H groups in total. The molecule has 1 aromatic carbocycles. The predicted octanol–water partition coefficient (Wildman–Crippen LogP) is 3.48. The molecule has 1 aliphatic rings. The van der Waals surface area contributed by atoms with Crippen LogP contribution in [-0.4, -0.2) is 31.6 Å². The fourth-order valence-electron chi connectivity index (χ4n) is 2.35. The Morgan fingerprint density at radius 3 is 2.89 bits per heavy atom. The van der Waals surface area contributed by atoms with E-state index < -0.39 is 11.6 Å². The Kier molecular flexibility index (Phi) is 4.56. The molecule has 18 heavy (non-hydrogen) atoms. The molecule has 1 heterocycles. The Morgan fingerprint density at radius 2 is 2.17 bits per heavy atom. The van der Waals surface area contributed by atoms with Crippen LogP contribution in [0.1, 0.15) is 12.8 Å². The second-order valence-electron chi connectivity index (χ2n) is 4.90. The number of piperidine rings is 1. The van der Waals surface area contributed by atoms with Gasteiger partial charge in [0.05, 0.1) is 10.2 Å². The van der Waals surface area contributed by atoms with Crippen molar-refractivity contribution >= 4 is 21.6 Å². The van der Waals surface area contributed by atoms with Gasteiger partial charge in [-0.1, -0.05) is 0 Å². The number of anilines is 1. The lowest BCUT2D eigenvalue weighted by atomic mass is 9.98. The summed E-state index contributed by atoms with van der Waals surface area (Å²) in [6, 6.07) is 2.36. The number of nitrogens with one attached hydrogen (secondary N) is 1. The maximum absolute atomic E-state index is 13.6. The van der Waals surface area contributed by atoms with E-state index in [1.807, 2.05) is 0 Å². The van der Waals surface area contributed by atoms with Gasteiger partial charge in [0.1, 0.15) is 11.6 Å². The van der Waals surface area contributed by atoms with Gasteiger partial charge in [0.15, 0.2) is 0 Å². The fourth-order valence-corrected chi connectivity index (χ4v) is 2.67. The standard InChI is InChI=1S/C13H17BrF2N2/c1-18-4-2-3-9(8-18)7-17-13-6-11(15)10(14)5-12(13)16/h5-6,9,17H,2-4,7-8H2,1H3. The Balaban J connectivity index is 1.95. The summed E-state index contributed by atoms with van der Waals surface area (Å²) < 4.78 is 27.1. The van der Waals surface area contributed by atoms with E-state index in [1.165, 1.54) is 12.5 Å². The third-order valence-electron chi connectivity index (χ3n) is 3.31. The summed E-state index contributed by atoms with van der Waals surface area (Å²) in [5.74, 6) is -0.373. The van der Waals surface area contributed by atoms with Crippen molar-refractivity contribution < 1.29 is 8.78 Å². The molecule has 1 aromatic rings. The maximum atomic E-state index is 13.6. The zero-order valence-electron chi connectivity index (χ0n) is 10.3. The summed E-state index contributed by atoms with van der Waals surface area (Å²) in [4.78, 5) is 2.27. The first kappa shape index (κ1) is 13.7. The quantitative estimate of drug-likeness (QED) is 0.858. The summed E-state index contributed by atoms with van der Waals surface area (Å²) in [5, 5.41) is 3.01. The first-order valence-electron chi connectivity index (χ1n) is 6.13. The molecule has 100 valence electrons. The van der Waals surface area contributed by atoms with E-state index in [0.29, 0.717) is 12.5 Å². The Labute approximate surface area is 114 Å². The van der Waals surface area contributed by atoms with Crippen molar-refractivity contribution in [1.82, 2.24) is 4.90 Å². The van der Waals surface area contributed by atoms with Crippen LogP contribution in [0.15, 0.2) is 16.6 Å². The zero-order chi connectivity index (χ0) is 13.1. The molecule has 0 radical (unpaired) electrons. The van der Waals surface area contributed by atoms with Gasteiger partial charge in [-0.05, 0) is 54.3 Å². The molecule has 0 saturated carbocycles. The molecule has 5 heteroatoms. The third-order valence-corrected chi connectivity index (χ3v) is 3.92. The van der Waals surface area contributed by atoms with Crippen LogP contribution in [0.5, 0.6) is 0 Å². The number of benzene rings is 1. The van der Waals surface area contributed by atoms with Gasteiger partial charge in [-0.25, -0.2) is 8.78 Å². The number of nitrogens with zero attached hydrogens (tertiary/aromatic N) is 1. The van der Waals surface area contributed by atoms with E-state index in [-0.39, 0.29) is 10.2 Å². The van der Waals surface area contributed by atoms with E-state index in [4.69, 9.17) is 0 Å². The van der Waals surface area contributed by atoms with Gasteiger partial charge in [-0.15, -0.1) is 0 Å². The molecule has 1 saturated heterocycles. The fraction of sp³-hybridized carbons (Fsp3) is 0.538. The minimum Gasteiger partial charge on any atom is -0.382 e. The highest BCUT2D eigenvalue weighted by Gasteiger charge is 2.17. The van der Waals surface area contributed by atoms with Gasteiger partial charge < -0.3 is 10.2 Å². The molecule has 0 amide bonds. The van der Waals surface area contributed by atoms with Crippen LogP contribution in [-0.2, 0) is 0 Å². The highest BCUT2D eigenvalue weighted by Crippen LogP contribution is 2.24. The number of rotatable bonds is 3. The maximum Gasteiger partial charge on any atom is 0.147 e. The summed E-state index contributed by atoms with van der Waals surface area (Å²) in [6.07, 6.45) is 2.30. The lowest BCUT2D eigenvalue weighted by Crippen LogP contribution is -2.35. The molecule has 1 atom stereocenters. The van der Waals surface area contributed by atoms with Crippen LogP contribution in [0.2, 0.25) is 0 Å². The molecule has 1 unspecified atom stereocenters. The van der Waals surface area contributed by atoms with Crippen molar-refractivity contribution in [3.8, 4) is 0 Å². The molecule has 2 nitrogen and oxygen atoms in total. The summed E-state index contributed by atoms with van der Waals surface area (Å²) in [7, 11) is 2.09. The molecule has 2 rings (SSSR count). The Morgan fingerprint density at radius 1 is 1.39 bits per heavy atom. The normalized spacial score (nSPS) is 21.0. The van der Waals surface area contributed by atoms with E-state index in [1.54, 1.807) is 0 Å². The van der Waals surface area contributed by atoms with Crippen molar-refractivity contribution in [2.75, 3.05) is 32.0 Å². The number of halogens is 3. The van der Waals surface area contributed by atoms with Crippen LogP contribution in [0.4, 0.5) is 14.5 Å². The van der Waals surface area contributed by atoms with Crippen LogP contribution >= 0.6 is 15.9 Å². The van der Waals surface area contributed by atoms with Gasteiger partial charge >= 0.3 is 0 Å². The average Bonchev–Trinajstić information content (AvgIpc) is 2.32. The minimum atomic E-state index is -0.445. The van der Waals surface area contributed by atoms with Crippen molar-refractivity contribution in [2.45, 2.75) is 12.8 Å². The van der Waals surface area contributed by atoms with E-state index in [0.717, 1.165) is 25.6 Å². The van der Waals surface area contributed by atoms with Gasteiger partial charge in [0, 0.05) is 19.2 Å². The lowest BCUT2D eigenvalue weighted by molar-refractivity contribution is 0.217. The van der Waals surface area contributed by atoms with Gasteiger partial charge in [-0.3, -0.25) is 0 Å². The van der Waals surface area contributed by atoms with Crippen LogP contribution < -0.4 is 5.32 Å². The first-order chi connectivity index (χ1) is 8.56. The Hall–Kier alpha value is -0.680. The topological polar surface area (TPSA) is 15.3 Å². The van der Waals surface area contributed by atoms with Crippen LogP contribution in [0, 0.1) is 17.6 Å². The molecular formula is C13H17BrF2N2. The molecule has 0 aliphatic carbocycles. The van der Waals surface area contributed by atoms with E-state index >= 15 is 0 Å². The van der Waals surface area contributed by atoms with Crippen LogP contribution in [0.3, 0.4) is 0 Å². The first-order valence-corrected chi connectivity index (χ1v) is 6.92. The number of hydrogen-bond acceptors (Lipinski definition) is 2. The second-order valence-corrected chi connectivity index (χ2v) is 5.75. The van der Waals surface area contributed by atoms with Crippen molar-refractivity contribution in [2.24, 2.45) is 5.92 Å². The molecule has 0 spiro atoms. The third kappa shape index (κ3) is 3.42. The monoisotopic (exact) mass is 318 g/mol. The average molecular weight is 319 g/mol. The SMILES string of the molecule is CN1CCCC(CNc2cc(F)c(Br)cc2F)C1. The van der Waals surface area contributed by atoms with E-state index in [2.05, 4.69) is 33.2 Å². The largest absolute Gasteiger partial charge is 0.382 e. The van der Waals surface area contributed by atoms with Crippen LogP contribution in [0.25, 0.3) is 0 Å². The number of hydrogen-bond donors (Lipinski definition) is 1. The molecule has 1 fully saturated rings. The summed E-state index contributed by atoms with van der Waals surface area (Å²) >= 11 is 2.97. The summed E-state index contributed by atoms with van der Waals surface area (Å²) in [6.45, 7) is 2.81. The molecular weight excluding hydrogens is 302 g/mol. The van der Waals surface area contributed by atoms with Crippen molar-refractivity contribution in [3.05, 3.63) is 28.2 Å². The predicted molar refractivity (Wildman–Crippen MR) is 72.8 cm³/mol. The zero-order valence-corrected chi connectivity index (χ0v) is 11.9. The minimum absolute atomic E-state index is 0.156.